The molecule has 1 aromatic rings. The summed E-state index contributed by atoms with van der Waals surface area (Å²) in [6.07, 6.45) is 3.22. The second-order valence-electron chi connectivity index (χ2n) is 6.78. The van der Waals surface area contributed by atoms with E-state index in [1.165, 1.54) is 37.3 Å². The maximum atomic E-state index is 12.6. The Hall–Kier alpha value is -3.62. The summed E-state index contributed by atoms with van der Waals surface area (Å²) in [4.78, 5) is 35.6. The van der Waals surface area contributed by atoms with Gasteiger partial charge in [-0.25, -0.2) is 0 Å². The van der Waals surface area contributed by atoms with E-state index in [-0.39, 0.29) is 33.5 Å². The van der Waals surface area contributed by atoms with Crippen LogP contribution in [0.2, 0.25) is 0 Å². The van der Waals surface area contributed by atoms with Crippen molar-refractivity contribution in [3.63, 3.8) is 0 Å². The zero-order valence-electron chi connectivity index (χ0n) is 16.6. The minimum Gasteiger partial charge on any atom is -0.326 e. The Balaban J connectivity index is 2.13. The highest BCUT2D eigenvalue weighted by atomic mass is 32.3. The highest BCUT2D eigenvalue weighted by molar-refractivity contribution is 8.01. The first-order chi connectivity index (χ1) is 14.9. The number of rotatable bonds is 4. The molecule has 0 atom stereocenters. The van der Waals surface area contributed by atoms with Gasteiger partial charge in [0.2, 0.25) is 22.4 Å². The summed E-state index contributed by atoms with van der Waals surface area (Å²) in [7, 11) is -4.55. The fourth-order valence-electron chi connectivity index (χ4n) is 3.02. The number of allylic oxidation sites excluding steroid dienone is 5. The van der Waals surface area contributed by atoms with Gasteiger partial charge in [0.15, 0.2) is 0 Å². The van der Waals surface area contributed by atoms with Crippen LogP contribution < -0.4 is 5.32 Å². The Morgan fingerprint density at radius 3 is 2.34 bits per heavy atom. The lowest BCUT2D eigenvalue weighted by molar-refractivity contribution is -0.276. The molecule has 0 saturated carbocycles. The summed E-state index contributed by atoms with van der Waals surface area (Å²) >= 11 is 0. The molecule has 0 aromatic heterocycles. The van der Waals surface area contributed by atoms with Crippen LogP contribution >= 0.6 is 0 Å². The van der Waals surface area contributed by atoms with Crippen LogP contribution in [0.15, 0.2) is 57.9 Å². The molecule has 0 bridgehead atoms. The van der Waals surface area contributed by atoms with Crippen LogP contribution in [0.25, 0.3) is 4.91 Å². The number of amides is 1. The van der Waals surface area contributed by atoms with Crippen molar-refractivity contribution in [2.24, 2.45) is 10.2 Å². The Labute approximate surface area is 181 Å². The van der Waals surface area contributed by atoms with Crippen LogP contribution in [0.3, 0.4) is 0 Å². The van der Waals surface area contributed by atoms with E-state index in [1.807, 2.05) is 0 Å². The molecule has 0 radical (unpaired) electrons. The first kappa shape index (κ1) is 23.1. The fourth-order valence-corrected chi connectivity index (χ4v) is 3.73. The summed E-state index contributed by atoms with van der Waals surface area (Å²) in [6, 6.07) is 4.01. The number of nitrogens with zero attached hydrogens (tertiary/aromatic N) is 3. The van der Waals surface area contributed by atoms with Gasteiger partial charge in [-0.2, -0.15) is 9.11 Å². The monoisotopic (exact) mass is 461 g/mol. The smallest absolute Gasteiger partial charge is 0.326 e. The van der Waals surface area contributed by atoms with E-state index in [0.717, 1.165) is 0 Å². The second-order valence-corrected chi connectivity index (χ2v) is 8.21. The minimum absolute atomic E-state index is 0.0208. The maximum absolute atomic E-state index is 12.6. The third kappa shape index (κ3) is 4.66. The quantitative estimate of drug-likeness (QED) is 0.252. The molecule has 0 heterocycles. The van der Waals surface area contributed by atoms with Gasteiger partial charge >= 0.3 is 10.5 Å². The molecular weight excluding hydrogens is 444 g/mol. The first-order valence-electron chi connectivity index (χ1n) is 8.84. The van der Waals surface area contributed by atoms with Crippen LogP contribution in [0.4, 0.5) is 5.69 Å². The molecule has 2 aliphatic carbocycles. The van der Waals surface area contributed by atoms with Crippen LogP contribution in [0.5, 0.6) is 0 Å². The van der Waals surface area contributed by atoms with Crippen LogP contribution in [-0.2, 0) is 29.1 Å². The summed E-state index contributed by atoms with van der Waals surface area (Å²) in [5.41, 5.74) is -0.447. The lowest BCUT2D eigenvalue weighted by Gasteiger charge is -2.16. The van der Waals surface area contributed by atoms with E-state index in [2.05, 4.69) is 15.5 Å². The van der Waals surface area contributed by atoms with Crippen LogP contribution in [0.1, 0.15) is 25.0 Å². The van der Waals surface area contributed by atoms with Crippen molar-refractivity contribution in [3.8, 4) is 0 Å². The average Bonchev–Trinajstić information content (AvgIpc) is 2.67. The predicted molar refractivity (Wildman–Crippen MR) is 113 cm³/mol. The van der Waals surface area contributed by atoms with E-state index in [9.17, 15) is 38.1 Å². The number of Topliss-reactive ketones (excluding diaryl/α,β-unsaturated/α-hetero) is 1. The number of carbonyl (C=O) groups excluding carboxylic acids is 3. The van der Waals surface area contributed by atoms with E-state index >= 15 is 0 Å². The van der Waals surface area contributed by atoms with E-state index in [0.29, 0.717) is 11.6 Å². The van der Waals surface area contributed by atoms with Crippen molar-refractivity contribution >= 4 is 50.0 Å². The SMILES string of the molecule is CC(=O)Nc1ccc2c(c1)C([S+](=O)(O)O)=CC(=O)C2=NN=C1C=C(C)C=C(N(O)O)C1=O. The predicted octanol–water partition coefficient (Wildman–Crippen LogP) is 1.65. The second kappa shape index (κ2) is 8.49. The van der Waals surface area contributed by atoms with Gasteiger partial charge in [0.05, 0.1) is 0 Å². The summed E-state index contributed by atoms with van der Waals surface area (Å²) in [6.45, 7) is 2.82. The van der Waals surface area contributed by atoms with Crippen molar-refractivity contribution in [2.45, 2.75) is 13.8 Å². The van der Waals surface area contributed by atoms with Gasteiger partial charge in [-0.3, -0.25) is 24.8 Å². The van der Waals surface area contributed by atoms with Crippen LogP contribution in [-0.4, -0.2) is 53.6 Å². The molecule has 3 rings (SSSR count). The van der Waals surface area contributed by atoms with E-state index in [4.69, 9.17) is 0 Å². The number of hydroxylamine groups is 2. The lowest BCUT2D eigenvalue weighted by atomic mass is 9.94. The Bertz CT molecular complexity index is 1250. The Kier molecular flexibility index (Phi) is 6.11. The molecule has 0 fully saturated rings. The molecule has 1 amide bonds. The molecule has 0 spiro atoms. The molecule has 166 valence electrons. The Morgan fingerprint density at radius 2 is 1.75 bits per heavy atom. The molecule has 32 heavy (non-hydrogen) atoms. The number of anilines is 1. The molecule has 0 aliphatic heterocycles. The third-order valence-electron chi connectivity index (χ3n) is 4.31. The highest BCUT2D eigenvalue weighted by Crippen LogP contribution is 2.33. The lowest BCUT2D eigenvalue weighted by Crippen LogP contribution is -2.28. The van der Waals surface area contributed by atoms with E-state index < -0.39 is 38.6 Å². The number of carbonyl (C=O) groups is 3. The maximum Gasteiger partial charge on any atom is 0.387 e. The number of hydrogen-bond acceptors (Lipinski definition) is 9. The first-order valence-corrected chi connectivity index (χ1v) is 10.3. The third-order valence-corrected chi connectivity index (χ3v) is 5.22. The summed E-state index contributed by atoms with van der Waals surface area (Å²) < 4.78 is 31.2. The normalized spacial score (nSPS) is 18.8. The topological polar surface area (TPSA) is 189 Å². The molecule has 2 aliphatic rings. The molecule has 13 heteroatoms. The number of nitrogens with one attached hydrogen (secondary N) is 1. The molecule has 0 unspecified atom stereocenters. The number of ketones is 2. The van der Waals surface area contributed by atoms with Gasteiger partial charge in [-0.15, -0.1) is 15.4 Å². The minimum atomic E-state index is -4.55. The number of benzene rings is 1. The van der Waals surface area contributed by atoms with Gasteiger partial charge in [0.25, 0.3) is 0 Å². The van der Waals surface area contributed by atoms with Crippen molar-refractivity contribution < 1.29 is 38.1 Å². The van der Waals surface area contributed by atoms with Crippen molar-refractivity contribution in [1.82, 2.24) is 5.23 Å². The zero-order chi connectivity index (χ0) is 23.8. The number of hydrogen-bond donors (Lipinski definition) is 5. The van der Waals surface area contributed by atoms with Crippen LogP contribution in [0, 0.1) is 0 Å². The molecule has 12 nitrogen and oxygen atoms in total. The van der Waals surface area contributed by atoms with Gasteiger partial charge in [-0.1, -0.05) is 0 Å². The Morgan fingerprint density at radius 1 is 1.06 bits per heavy atom. The van der Waals surface area contributed by atoms with Gasteiger partial charge in [0.1, 0.15) is 17.1 Å². The standard InChI is InChI=1S/C19H16N4O8S/c1-9-5-14(19(26)15(6-9)23(27)28)21-22-18-12-4-3-11(20-10(2)24)7-13(12)17(8-16(18)25)32(29,30)31/h3-8,27-28H,1-2H3,(H2-,20,22,24,26,29,30,31)/p+1. The fraction of sp³-hybridized carbons (Fsp3) is 0.105. The zero-order valence-corrected chi connectivity index (χ0v) is 17.5. The van der Waals surface area contributed by atoms with Gasteiger partial charge < -0.3 is 5.32 Å². The number of fused-ring (bicyclic) bond motifs is 1. The molecular formula is C19H17N4O8S+. The van der Waals surface area contributed by atoms with Gasteiger partial charge in [0, 0.05) is 29.8 Å². The van der Waals surface area contributed by atoms with Crippen molar-refractivity contribution in [3.05, 3.63) is 58.8 Å². The highest BCUT2D eigenvalue weighted by Gasteiger charge is 2.39. The van der Waals surface area contributed by atoms with E-state index in [1.54, 1.807) is 6.92 Å². The largest absolute Gasteiger partial charge is 0.387 e. The average molecular weight is 461 g/mol. The van der Waals surface area contributed by atoms with Gasteiger partial charge in [-0.05, 0) is 47.1 Å². The summed E-state index contributed by atoms with van der Waals surface area (Å²) in [5, 5.41) is 28.0. The molecule has 5 N–H and O–H groups in total. The molecule has 0 saturated heterocycles. The molecule has 1 aromatic carbocycles. The van der Waals surface area contributed by atoms with Crippen molar-refractivity contribution in [1.29, 1.82) is 0 Å². The van der Waals surface area contributed by atoms with Crippen molar-refractivity contribution in [2.75, 3.05) is 5.32 Å². The summed E-state index contributed by atoms with van der Waals surface area (Å²) in [5.74, 6) is -2.16.